The van der Waals surface area contributed by atoms with Gasteiger partial charge in [-0.3, -0.25) is 0 Å². The normalized spacial score (nSPS) is 9.94. The Morgan fingerprint density at radius 2 is 2.06 bits per heavy atom. The molecule has 0 unspecified atom stereocenters. The van der Waals surface area contributed by atoms with Crippen molar-refractivity contribution < 1.29 is 5.11 Å². The van der Waals surface area contributed by atoms with Crippen LogP contribution >= 0.6 is 0 Å². The first-order valence-corrected chi connectivity index (χ1v) is 5.78. The Hall–Kier alpha value is -1.32. The molecular formula is C13H20N2O. The molecular weight excluding hydrogens is 200 g/mol. The molecule has 0 spiro atoms. The summed E-state index contributed by atoms with van der Waals surface area (Å²) in [4.78, 5) is 3.21. The van der Waals surface area contributed by atoms with Crippen LogP contribution in [0.5, 0.6) is 0 Å². The molecule has 1 heterocycles. The van der Waals surface area contributed by atoms with Crippen molar-refractivity contribution in [2.75, 3.05) is 13.2 Å². The fraction of sp³-hybridized carbons (Fsp3) is 0.385. The number of nitrogens with one attached hydrogen (secondary N) is 2. The Balaban J connectivity index is 0.000000606. The zero-order valence-corrected chi connectivity index (χ0v) is 9.96. The summed E-state index contributed by atoms with van der Waals surface area (Å²) in [6.45, 7) is 5.61. The van der Waals surface area contributed by atoms with E-state index in [2.05, 4.69) is 28.5 Å². The number of rotatable bonds is 4. The average Bonchev–Trinajstić information content (AvgIpc) is 2.81. The molecule has 2 rings (SSSR count). The van der Waals surface area contributed by atoms with Crippen LogP contribution in [0.25, 0.3) is 10.9 Å². The number of fused-ring (bicyclic) bond motifs is 1. The Kier molecular flexibility index (Phi) is 5.61. The maximum absolute atomic E-state index is 8.65. The van der Waals surface area contributed by atoms with Gasteiger partial charge in [-0.2, -0.15) is 0 Å². The van der Waals surface area contributed by atoms with E-state index in [9.17, 15) is 0 Å². The molecule has 0 atom stereocenters. The topological polar surface area (TPSA) is 48.0 Å². The highest BCUT2D eigenvalue weighted by molar-refractivity contribution is 5.82. The van der Waals surface area contributed by atoms with Crippen molar-refractivity contribution in [3.63, 3.8) is 0 Å². The molecule has 88 valence electrons. The maximum atomic E-state index is 8.65. The van der Waals surface area contributed by atoms with Gasteiger partial charge >= 0.3 is 0 Å². The summed E-state index contributed by atoms with van der Waals surface area (Å²) in [6, 6.07) is 8.28. The van der Waals surface area contributed by atoms with Crippen molar-refractivity contribution in [3.05, 3.63) is 36.0 Å². The Morgan fingerprint density at radius 1 is 1.25 bits per heavy atom. The van der Waals surface area contributed by atoms with Crippen molar-refractivity contribution in [2.45, 2.75) is 20.4 Å². The molecule has 2 aromatic rings. The largest absolute Gasteiger partial charge is 0.395 e. The quantitative estimate of drug-likeness (QED) is 0.692. The molecule has 0 radical (unpaired) electrons. The molecule has 0 aliphatic heterocycles. The molecule has 1 aromatic carbocycles. The summed E-state index contributed by atoms with van der Waals surface area (Å²) in [5, 5.41) is 13.0. The van der Waals surface area contributed by atoms with Gasteiger partial charge < -0.3 is 15.4 Å². The molecule has 3 N–H and O–H groups in total. The van der Waals surface area contributed by atoms with Crippen LogP contribution in [-0.4, -0.2) is 23.2 Å². The number of hydrogen-bond donors (Lipinski definition) is 3. The zero-order valence-electron chi connectivity index (χ0n) is 9.96. The summed E-state index contributed by atoms with van der Waals surface area (Å²) in [5.41, 5.74) is 2.42. The van der Waals surface area contributed by atoms with Crippen LogP contribution in [0.3, 0.4) is 0 Å². The van der Waals surface area contributed by atoms with Gasteiger partial charge in [-0.1, -0.05) is 32.0 Å². The Morgan fingerprint density at radius 3 is 2.81 bits per heavy atom. The van der Waals surface area contributed by atoms with E-state index in [1.807, 2.05) is 26.1 Å². The van der Waals surface area contributed by atoms with Gasteiger partial charge in [-0.15, -0.1) is 0 Å². The van der Waals surface area contributed by atoms with Gasteiger partial charge in [0.15, 0.2) is 0 Å². The number of hydrogen-bond acceptors (Lipinski definition) is 2. The standard InChI is InChI=1S/C11H14N2O.C2H6/c14-7-6-12-8-10-3-1-2-9-4-5-13-11(9)10;1-2/h1-5,12-14H,6-8H2;1-2H3. The molecule has 0 aliphatic carbocycles. The van der Waals surface area contributed by atoms with Gasteiger partial charge in [0, 0.05) is 24.8 Å². The molecule has 3 heteroatoms. The van der Waals surface area contributed by atoms with Gasteiger partial charge in [0.05, 0.1) is 6.61 Å². The SMILES string of the molecule is CC.OCCNCc1cccc2cc[nH]c12. The Labute approximate surface area is 96.5 Å². The lowest BCUT2D eigenvalue weighted by Gasteiger charge is -2.04. The second kappa shape index (κ2) is 7.04. The van der Waals surface area contributed by atoms with Gasteiger partial charge in [-0.25, -0.2) is 0 Å². The number of aromatic nitrogens is 1. The third-order valence-corrected chi connectivity index (χ3v) is 2.28. The molecule has 3 nitrogen and oxygen atoms in total. The van der Waals surface area contributed by atoms with Crippen molar-refractivity contribution in [1.29, 1.82) is 0 Å². The average molecular weight is 220 g/mol. The summed E-state index contributed by atoms with van der Waals surface area (Å²) in [6.07, 6.45) is 1.94. The highest BCUT2D eigenvalue weighted by Crippen LogP contribution is 2.16. The summed E-state index contributed by atoms with van der Waals surface area (Å²) in [7, 11) is 0. The van der Waals surface area contributed by atoms with Crippen molar-refractivity contribution in [3.8, 4) is 0 Å². The van der Waals surface area contributed by atoms with Crippen LogP contribution in [-0.2, 0) is 6.54 Å². The van der Waals surface area contributed by atoms with E-state index in [-0.39, 0.29) is 6.61 Å². The number of H-pyrrole nitrogens is 1. The molecule has 0 fully saturated rings. The molecule has 0 saturated carbocycles. The number of aliphatic hydroxyl groups excluding tert-OH is 1. The highest BCUT2D eigenvalue weighted by atomic mass is 16.3. The summed E-state index contributed by atoms with van der Waals surface area (Å²) < 4.78 is 0. The van der Waals surface area contributed by atoms with Gasteiger partial charge in [-0.05, 0) is 17.0 Å². The molecule has 0 amide bonds. The van der Waals surface area contributed by atoms with E-state index in [4.69, 9.17) is 5.11 Å². The van der Waals surface area contributed by atoms with Crippen LogP contribution in [0.1, 0.15) is 19.4 Å². The maximum Gasteiger partial charge on any atom is 0.0556 e. The minimum absolute atomic E-state index is 0.181. The lowest BCUT2D eigenvalue weighted by atomic mass is 10.1. The lowest BCUT2D eigenvalue weighted by molar-refractivity contribution is 0.292. The van der Waals surface area contributed by atoms with Gasteiger partial charge in [0.2, 0.25) is 0 Å². The first-order chi connectivity index (χ1) is 7.92. The second-order valence-electron chi connectivity index (χ2n) is 3.26. The van der Waals surface area contributed by atoms with Crippen LogP contribution < -0.4 is 5.32 Å². The molecule has 1 aromatic heterocycles. The molecule has 0 saturated heterocycles. The lowest BCUT2D eigenvalue weighted by Crippen LogP contribution is -2.17. The third kappa shape index (κ3) is 3.08. The zero-order chi connectivity index (χ0) is 11.8. The minimum atomic E-state index is 0.181. The fourth-order valence-electron chi connectivity index (χ4n) is 1.60. The number of benzene rings is 1. The first kappa shape index (κ1) is 12.7. The minimum Gasteiger partial charge on any atom is -0.395 e. The van der Waals surface area contributed by atoms with Crippen molar-refractivity contribution in [2.24, 2.45) is 0 Å². The predicted molar refractivity (Wildman–Crippen MR) is 68.4 cm³/mol. The third-order valence-electron chi connectivity index (χ3n) is 2.28. The fourth-order valence-corrected chi connectivity index (χ4v) is 1.60. The van der Waals surface area contributed by atoms with E-state index < -0.39 is 0 Å². The van der Waals surface area contributed by atoms with E-state index in [1.54, 1.807) is 0 Å². The smallest absolute Gasteiger partial charge is 0.0556 e. The van der Waals surface area contributed by atoms with Crippen LogP contribution in [0.15, 0.2) is 30.5 Å². The molecule has 0 aliphatic rings. The van der Waals surface area contributed by atoms with E-state index >= 15 is 0 Å². The number of para-hydroxylation sites is 1. The number of aliphatic hydroxyl groups is 1. The predicted octanol–water partition coefficient (Wildman–Crippen LogP) is 2.28. The Bertz CT molecular complexity index is 409. The van der Waals surface area contributed by atoms with E-state index in [0.29, 0.717) is 6.54 Å². The second-order valence-corrected chi connectivity index (χ2v) is 3.26. The highest BCUT2D eigenvalue weighted by Gasteiger charge is 1.99. The van der Waals surface area contributed by atoms with E-state index in [0.717, 1.165) is 6.54 Å². The monoisotopic (exact) mass is 220 g/mol. The van der Waals surface area contributed by atoms with Gasteiger partial charge in [0.1, 0.15) is 0 Å². The first-order valence-electron chi connectivity index (χ1n) is 5.78. The van der Waals surface area contributed by atoms with Crippen molar-refractivity contribution in [1.82, 2.24) is 10.3 Å². The summed E-state index contributed by atoms with van der Waals surface area (Å²) >= 11 is 0. The molecule has 16 heavy (non-hydrogen) atoms. The van der Waals surface area contributed by atoms with E-state index in [1.165, 1.54) is 16.5 Å². The molecule has 0 bridgehead atoms. The van der Waals surface area contributed by atoms with Crippen LogP contribution in [0.2, 0.25) is 0 Å². The van der Waals surface area contributed by atoms with Crippen LogP contribution in [0, 0.1) is 0 Å². The van der Waals surface area contributed by atoms with Crippen LogP contribution in [0.4, 0.5) is 0 Å². The number of aromatic amines is 1. The van der Waals surface area contributed by atoms with Gasteiger partial charge in [0.25, 0.3) is 0 Å². The summed E-state index contributed by atoms with van der Waals surface area (Å²) in [5.74, 6) is 0. The van der Waals surface area contributed by atoms with Crippen molar-refractivity contribution >= 4 is 10.9 Å².